The third-order valence-corrected chi connectivity index (χ3v) is 24.4. The van der Waals surface area contributed by atoms with Gasteiger partial charge in [-0.1, -0.05) is 117 Å². The van der Waals surface area contributed by atoms with Gasteiger partial charge in [-0.3, -0.25) is 0 Å². The van der Waals surface area contributed by atoms with Crippen molar-refractivity contribution in [3.63, 3.8) is 0 Å². The Balaban J connectivity index is 1.45. The number of carbonyl (C=O) groups is 3. The third kappa shape index (κ3) is 20.5. The molecule has 0 aliphatic rings. The van der Waals surface area contributed by atoms with Gasteiger partial charge < -0.3 is 14.4 Å². The minimum Gasteiger partial charge on any atom is -0.304 e. The first-order valence-electron chi connectivity index (χ1n) is 25.2. The van der Waals surface area contributed by atoms with Crippen LogP contribution < -0.4 is 4.74 Å². The van der Waals surface area contributed by atoms with E-state index in [1.807, 2.05) is 61.5 Å². The summed E-state index contributed by atoms with van der Waals surface area (Å²) in [7, 11) is -7.37. The zero-order valence-electron chi connectivity index (χ0n) is 40.2. The average Bonchev–Trinajstić information content (AvgIpc) is 3.30. The Kier molecular flexibility index (Phi) is 28.6. The van der Waals surface area contributed by atoms with Gasteiger partial charge in [-0.05, 0) is 25.3 Å². The number of carbonyl (C=O) groups excluding carboxylic acids is 3. The predicted octanol–water partition coefficient (Wildman–Crippen LogP) is 15.6. The largest absolute Gasteiger partial charge is 0.304 e. The fourth-order valence-electron chi connectivity index (χ4n) is 8.31. The molecular formula is C54H83IO7SSi. The minimum absolute atomic E-state index is 0.0532. The van der Waals surface area contributed by atoms with Crippen molar-refractivity contribution in [2.24, 2.45) is 0 Å². The van der Waals surface area contributed by atoms with Gasteiger partial charge in [0.25, 0.3) is 8.07 Å². The summed E-state index contributed by atoms with van der Waals surface area (Å²) in [4.78, 5) is 42.8. The zero-order chi connectivity index (χ0) is 46.3. The molecular weight excluding hydrogens is 948 g/mol. The van der Waals surface area contributed by atoms with E-state index in [0.29, 0.717) is 31.9 Å². The maximum Gasteiger partial charge on any atom is 0.129 e. The van der Waals surface area contributed by atoms with Gasteiger partial charge in [0.2, 0.25) is 0 Å². The molecule has 0 unspecified atom stereocenters. The first-order chi connectivity index (χ1) is 31.1. The smallest absolute Gasteiger partial charge is 0.129 e. The van der Waals surface area contributed by atoms with Crippen LogP contribution in [0.2, 0.25) is 6.04 Å². The standard InChI is InChI=1S/C54H83IO7SSi/c1-5-8-11-19-27-34-52(56)64(53(57)35-28-20-12-9-6-2,54(58)36-29-21-13-10-7-3)46-31-23-18-16-14-15-17-22-30-45-61-50-41-39-49(40-42-50)55(48-32-25-24-26-33-48)62-63(59,60)51-43-37-47(4)38-44-51/h24-26,32-33,37-44H,5-23,27-31,34-36,45-46H2,1-4H3. The van der Waals surface area contributed by atoms with Gasteiger partial charge in [-0.25, -0.2) is 0 Å². The fourth-order valence-corrected chi connectivity index (χ4v) is 19.6. The van der Waals surface area contributed by atoms with Crippen molar-refractivity contribution < 1.29 is 30.1 Å². The van der Waals surface area contributed by atoms with Gasteiger partial charge in [-0.2, -0.15) is 0 Å². The van der Waals surface area contributed by atoms with E-state index in [4.69, 9.17) is 7.25 Å². The summed E-state index contributed by atoms with van der Waals surface area (Å²) in [5, 5.41) is 0.160. The first-order valence-corrected chi connectivity index (χ1v) is 31.8. The Labute approximate surface area is 398 Å². The predicted molar refractivity (Wildman–Crippen MR) is 277 cm³/mol. The molecule has 358 valence electrons. The quantitative estimate of drug-likeness (QED) is 0.0318. The molecule has 0 bridgehead atoms. The van der Waals surface area contributed by atoms with E-state index in [0.717, 1.165) is 173 Å². The van der Waals surface area contributed by atoms with Gasteiger partial charge in [0, 0.05) is 19.3 Å². The molecule has 0 fully saturated rings. The molecule has 0 saturated carbocycles. The maximum atomic E-state index is 14.2. The van der Waals surface area contributed by atoms with Gasteiger partial charge >= 0.3 is 200 Å². The Bertz CT molecular complexity index is 1770. The van der Waals surface area contributed by atoms with Crippen molar-refractivity contribution in [3.8, 4) is 5.75 Å². The Morgan fingerprint density at radius 2 is 0.891 bits per heavy atom. The second-order valence-corrected chi connectivity index (χ2v) is 28.3. The number of hydrogen-bond donors (Lipinski definition) is 0. The van der Waals surface area contributed by atoms with Gasteiger partial charge in [0.05, 0.1) is 0 Å². The molecule has 0 spiro atoms. The maximum absolute atomic E-state index is 14.2. The van der Waals surface area contributed by atoms with Crippen LogP contribution >= 0.6 is 20.2 Å². The summed E-state index contributed by atoms with van der Waals surface area (Å²) in [6, 6.07) is 24.6. The molecule has 0 radical (unpaired) electrons. The van der Waals surface area contributed by atoms with Crippen molar-refractivity contribution in [2.45, 2.75) is 212 Å². The molecule has 0 aliphatic carbocycles. The van der Waals surface area contributed by atoms with Crippen LogP contribution in [0.15, 0.2) is 83.8 Å². The summed E-state index contributed by atoms with van der Waals surface area (Å²) < 4.78 is 40.5. The molecule has 10 heteroatoms. The number of unbranched alkanes of at least 4 members (excludes halogenated alkanes) is 20. The monoisotopic (exact) mass is 1030 g/mol. The van der Waals surface area contributed by atoms with E-state index < -0.39 is 38.4 Å². The van der Waals surface area contributed by atoms with E-state index in [2.05, 4.69) is 20.8 Å². The molecule has 0 atom stereocenters. The van der Waals surface area contributed by atoms with Gasteiger partial charge in [-0.15, -0.1) is 0 Å². The van der Waals surface area contributed by atoms with Gasteiger partial charge in [0.15, 0.2) is 0 Å². The van der Waals surface area contributed by atoms with Crippen molar-refractivity contribution >= 4 is 54.6 Å². The molecule has 0 aliphatic heterocycles. The number of benzene rings is 3. The normalized spacial score (nSPS) is 12.0. The Morgan fingerprint density at radius 1 is 0.484 bits per heavy atom. The van der Waals surface area contributed by atoms with E-state index in [9.17, 15) is 22.8 Å². The number of aryl methyl sites for hydroxylation is 1. The van der Waals surface area contributed by atoms with Crippen LogP contribution in [0, 0.1) is 14.1 Å². The molecule has 7 nitrogen and oxygen atoms in total. The molecule has 3 aromatic rings. The average molecular weight is 1030 g/mol. The summed E-state index contributed by atoms with van der Waals surface area (Å²) in [5.41, 5.74) is 0.987. The molecule has 0 amide bonds. The summed E-state index contributed by atoms with van der Waals surface area (Å²) in [5.74, 6) is 0.761. The van der Waals surface area contributed by atoms with Crippen molar-refractivity contribution in [3.05, 3.63) is 91.6 Å². The second-order valence-electron chi connectivity index (χ2n) is 17.8. The van der Waals surface area contributed by atoms with Crippen LogP contribution in [-0.2, 0) is 27.0 Å². The van der Waals surface area contributed by atoms with E-state index >= 15 is 0 Å². The van der Waals surface area contributed by atoms with Crippen LogP contribution in [0.25, 0.3) is 0 Å². The van der Waals surface area contributed by atoms with E-state index in [1.165, 1.54) is 0 Å². The molecule has 0 aromatic heterocycles. The van der Waals surface area contributed by atoms with Crippen LogP contribution in [0.3, 0.4) is 0 Å². The number of hydrogen-bond acceptors (Lipinski definition) is 7. The number of halogens is 1. The van der Waals surface area contributed by atoms with Crippen molar-refractivity contribution in [1.82, 2.24) is 0 Å². The summed E-state index contributed by atoms with van der Waals surface area (Å²) in [6.45, 7) is 9.12. The third-order valence-electron chi connectivity index (χ3n) is 12.3. The Morgan fingerprint density at radius 3 is 1.36 bits per heavy atom. The fraction of sp³-hybridized carbons (Fsp3) is 0.611. The topological polar surface area (TPSA) is 104 Å². The second kappa shape index (κ2) is 32.9. The Hall–Kier alpha value is -2.67. The SMILES string of the molecule is CCCCCCCC(=O)[Si](CCCCCCCCCCCOc1ccc(I(OS(=O)(=O)c2ccc(C)cc2)c2ccccc2)cc1)(C(=O)CCCCCCC)C(=O)CCCCCCC. The number of ether oxygens (including phenoxy) is 1. The molecule has 64 heavy (non-hydrogen) atoms. The summed E-state index contributed by atoms with van der Waals surface area (Å²) in [6.07, 6.45) is 26.4. The molecule has 0 N–H and O–H groups in total. The number of rotatable bonds is 39. The molecule has 0 heterocycles. The molecule has 3 aromatic carbocycles. The van der Waals surface area contributed by atoms with Crippen LogP contribution in [0.1, 0.15) is 200 Å². The van der Waals surface area contributed by atoms with Gasteiger partial charge in [0.1, 0.15) is 16.2 Å². The van der Waals surface area contributed by atoms with Crippen LogP contribution in [0.4, 0.5) is 0 Å². The van der Waals surface area contributed by atoms with Crippen molar-refractivity contribution in [2.75, 3.05) is 6.61 Å². The van der Waals surface area contributed by atoms with Crippen molar-refractivity contribution in [1.29, 1.82) is 0 Å². The van der Waals surface area contributed by atoms with E-state index in [1.54, 1.807) is 24.3 Å². The van der Waals surface area contributed by atoms with Crippen LogP contribution in [0.5, 0.6) is 5.75 Å². The summed E-state index contributed by atoms with van der Waals surface area (Å²) >= 11 is -2.79. The molecule has 3 rings (SSSR count). The molecule has 0 saturated heterocycles. The first kappa shape index (κ1) is 55.7. The zero-order valence-corrected chi connectivity index (χ0v) is 44.1. The minimum atomic E-state index is -3.94. The van der Waals surface area contributed by atoms with E-state index in [-0.39, 0.29) is 21.1 Å². The van der Waals surface area contributed by atoms with Crippen LogP contribution in [-0.4, -0.2) is 39.3 Å².